The molecule has 0 atom stereocenters. The standard InChI is InChI=1S/C11H11Cl2N3O2/c1-11(2,3)10-14-6-4-5(12)7(13)9(16(17)18)8(6)15-10/h4H,1-3H3,(H,14,15). The molecule has 0 aliphatic heterocycles. The van der Waals surface area contributed by atoms with Crippen molar-refractivity contribution in [3.63, 3.8) is 0 Å². The van der Waals surface area contributed by atoms with Crippen LogP contribution in [0.15, 0.2) is 6.07 Å². The van der Waals surface area contributed by atoms with E-state index in [-0.39, 0.29) is 26.7 Å². The fourth-order valence-corrected chi connectivity index (χ4v) is 2.01. The van der Waals surface area contributed by atoms with Crippen molar-refractivity contribution in [3.05, 3.63) is 32.1 Å². The molecule has 7 heteroatoms. The average molecular weight is 288 g/mol. The van der Waals surface area contributed by atoms with Crippen LogP contribution in [0.2, 0.25) is 10.0 Å². The van der Waals surface area contributed by atoms with Crippen LogP contribution in [-0.2, 0) is 5.41 Å². The third kappa shape index (κ3) is 2.04. The van der Waals surface area contributed by atoms with E-state index >= 15 is 0 Å². The lowest BCUT2D eigenvalue weighted by Crippen LogP contribution is -2.13. The number of hydrogen-bond donors (Lipinski definition) is 1. The molecule has 0 aliphatic carbocycles. The number of benzene rings is 1. The molecule has 0 amide bonds. The second-order valence-corrected chi connectivity index (χ2v) is 5.79. The summed E-state index contributed by atoms with van der Waals surface area (Å²) >= 11 is 11.7. The minimum absolute atomic E-state index is 0.0823. The molecule has 2 rings (SSSR count). The van der Waals surface area contributed by atoms with Gasteiger partial charge in [0.05, 0.1) is 15.5 Å². The zero-order valence-corrected chi connectivity index (χ0v) is 11.6. The monoisotopic (exact) mass is 287 g/mol. The van der Waals surface area contributed by atoms with E-state index < -0.39 is 4.92 Å². The van der Waals surface area contributed by atoms with Crippen molar-refractivity contribution in [2.24, 2.45) is 0 Å². The number of nitro benzene ring substituents is 1. The van der Waals surface area contributed by atoms with Crippen molar-refractivity contribution < 1.29 is 4.92 Å². The summed E-state index contributed by atoms with van der Waals surface area (Å²) < 4.78 is 0. The molecule has 0 unspecified atom stereocenters. The summed E-state index contributed by atoms with van der Waals surface area (Å²) in [5.74, 6) is 0.652. The molecule has 0 fully saturated rings. The van der Waals surface area contributed by atoms with E-state index in [1.54, 1.807) is 6.07 Å². The second-order valence-electron chi connectivity index (χ2n) is 5.01. The number of halogens is 2. The average Bonchev–Trinajstić information content (AvgIpc) is 2.61. The first-order valence-electron chi connectivity index (χ1n) is 5.24. The van der Waals surface area contributed by atoms with E-state index in [0.29, 0.717) is 11.3 Å². The van der Waals surface area contributed by atoms with Gasteiger partial charge in [0, 0.05) is 5.41 Å². The highest BCUT2D eigenvalue weighted by atomic mass is 35.5. The van der Waals surface area contributed by atoms with Gasteiger partial charge in [0.15, 0.2) is 5.52 Å². The number of imidazole rings is 1. The van der Waals surface area contributed by atoms with Crippen LogP contribution in [-0.4, -0.2) is 14.9 Å². The number of nitrogens with zero attached hydrogens (tertiary/aromatic N) is 2. The lowest BCUT2D eigenvalue weighted by atomic mass is 9.96. The molecule has 96 valence electrons. The Bertz CT molecular complexity index is 644. The predicted molar refractivity (Wildman–Crippen MR) is 71.5 cm³/mol. The molecule has 0 radical (unpaired) electrons. The molecule has 1 aromatic heterocycles. The number of nitro groups is 1. The van der Waals surface area contributed by atoms with Crippen LogP contribution in [0.1, 0.15) is 26.6 Å². The number of fused-ring (bicyclic) bond motifs is 1. The van der Waals surface area contributed by atoms with Crippen molar-refractivity contribution in [2.45, 2.75) is 26.2 Å². The van der Waals surface area contributed by atoms with Gasteiger partial charge in [-0.2, -0.15) is 0 Å². The Morgan fingerprint density at radius 2 is 2.00 bits per heavy atom. The Balaban J connectivity index is 2.84. The number of nitrogens with one attached hydrogen (secondary N) is 1. The van der Waals surface area contributed by atoms with Gasteiger partial charge in [-0.3, -0.25) is 10.1 Å². The van der Waals surface area contributed by atoms with Crippen LogP contribution in [0.4, 0.5) is 5.69 Å². The maximum Gasteiger partial charge on any atom is 0.317 e. The molecular weight excluding hydrogens is 277 g/mol. The molecule has 5 nitrogen and oxygen atoms in total. The summed E-state index contributed by atoms with van der Waals surface area (Å²) in [6.07, 6.45) is 0. The quantitative estimate of drug-likeness (QED) is 0.635. The summed E-state index contributed by atoms with van der Waals surface area (Å²) in [6.45, 7) is 5.87. The molecule has 0 saturated carbocycles. The van der Waals surface area contributed by atoms with Gasteiger partial charge in [-0.1, -0.05) is 44.0 Å². The van der Waals surface area contributed by atoms with E-state index in [1.165, 1.54) is 0 Å². The van der Waals surface area contributed by atoms with E-state index in [1.807, 2.05) is 20.8 Å². The third-order valence-corrected chi connectivity index (χ3v) is 3.32. The molecular formula is C11H11Cl2N3O2. The minimum Gasteiger partial charge on any atom is -0.341 e. The van der Waals surface area contributed by atoms with E-state index in [0.717, 1.165) is 0 Å². The van der Waals surface area contributed by atoms with Gasteiger partial charge in [-0.15, -0.1) is 0 Å². The summed E-state index contributed by atoms with van der Waals surface area (Å²) in [7, 11) is 0. The van der Waals surface area contributed by atoms with Gasteiger partial charge in [-0.05, 0) is 6.07 Å². The third-order valence-electron chi connectivity index (χ3n) is 2.54. The molecule has 0 spiro atoms. The molecule has 1 N–H and O–H groups in total. The van der Waals surface area contributed by atoms with Crippen molar-refractivity contribution >= 4 is 39.9 Å². The highest BCUT2D eigenvalue weighted by Crippen LogP contribution is 2.38. The van der Waals surface area contributed by atoms with Crippen molar-refractivity contribution in [1.82, 2.24) is 9.97 Å². The first kappa shape index (κ1) is 13.1. The second kappa shape index (κ2) is 4.10. The Morgan fingerprint density at radius 1 is 1.39 bits per heavy atom. The van der Waals surface area contributed by atoms with Crippen LogP contribution in [0, 0.1) is 10.1 Å². The molecule has 18 heavy (non-hydrogen) atoms. The molecule has 0 bridgehead atoms. The number of hydrogen-bond acceptors (Lipinski definition) is 3. The number of H-pyrrole nitrogens is 1. The van der Waals surface area contributed by atoms with Crippen molar-refractivity contribution in [1.29, 1.82) is 0 Å². The van der Waals surface area contributed by atoms with E-state index in [4.69, 9.17) is 23.2 Å². The Labute approximate surface area is 113 Å². The Morgan fingerprint density at radius 3 is 2.50 bits per heavy atom. The van der Waals surface area contributed by atoms with Crippen molar-refractivity contribution in [3.8, 4) is 0 Å². The number of aromatic nitrogens is 2. The smallest absolute Gasteiger partial charge is 0.317 e. The van der Waals surface area contributed by atoms with Gasteiger partial charge in [0.25, 0.3) is 0 Å². The normalized spacial score (nSPS) is 12.1. The summed E-state index contributed by atoms with van der Waals surface area (Å²) in [5, 5.41) is 11.1. The zero-order chi connectivity index (χ0) is 13.7. The summed E-state index contributed by atoms with van der Waals surface area (Å²) in [6, 6.07) is 1.55. The lowest BCUT2D eigenvalue weighted by Gasteiger charge is -2.13. The number of aromatic amines is 1. The van der Waals surface area contributed by atoms with Crippen LogP contribution in [0.5, 0.6) is 0 Å². The fraction of sp³-hybridized carbons (Fsp3) is 0.364. The largest absolute Gasteiger partial charge is 0.341 e. The Hall–Kier alpha value is -1.33. The summed E-state index contributed by atoms with van der Waals surface area (Å²) in [5.41, 5.74) is 0.248. The van der Waals surface area contributed by atoms with Crippen LogP contribution < -0.4 is 0 Å². The lowest BCUT2D eigenvalue weighted by molar-refractivity contribution is -0.383. The molecule has 1 aromatic carbocycles. The van der Waals surface area contributed by atoms with Crippen molar-refractivity contribution in [2.75, 3.05) is 0 Å². The maximum atomic E-state index is 11.1. The molecule has 1 heterocycles. The van der Waals surface area contributed by atoms with Gasteiger partial charge in [0.1, 0.15) is 10.8 Å². The van der Waals surface area contributed by atoms with Gasteiger partial charge >= 0.3 is 5.69 Å². The first-order valence-corrected chi connectivity index (χ1v) is 6.00. The van der Waals surface area contributed by atoms with Crippen LogP contribution in [0.25, 0.3) is 11.0 Å². The highest BCUT2D eigenvalue weighted by molar-refractivity contribution is 6.44. The van der Waals surface area contributed by atoms with E-state index in [2.05, 4.69) is 9.97 Å². The molecule has 2 aromatic rings. The SMILES string of the molecule is CC(C)(C)c1nc2c([N+](=O)[O-])c(Cl)c(Cl)cc2[nH]1. The molecule has 0 saturated heterocycles. The van der Waals surface area contributed by atoms with Gasteiger partial charge in [0.2, 0.25) is 0 Å². The van der Waals surface area contributed by atoms with Crippen LogP contribution in [0.3, 0.4) is 0 Å². The van der Waals surface area contributed by atoms with Gasteiger partial charge in [-0.25, -0.2) is 4.98 Å². The summed E-state index contributed by atoms with van der Waals surface area (Å²) in [4.78, 5) is 17.8. The fourth-order valence-electron chi connectivity index (χ4n) is 1.60. The van der Waals surface area contributed by atoms with E-state index in [9.17, 15) is 10.1 Å². The minimum atomic E-state index is -0.566. The van der Waals surface area contributed by atoms with Crippen LogP contribution >= 0.6 is 23.2 Å². The topological polar surface area (TPSA) is 71.8 Å². The van der Waals surface area contributed by atoms with Gasteiger partial charge < -0.3 is 4.98 Å². The maximum absolute atomic E-state index is 11.1. The highest BCUT2D eigenvalue weighted by Gasteiger charge is 2.26. The first-order chi connectivity index (χ1) is 8.21. The molecule has 0 aliphatic rings. The Kier molecular flexibility index (Phi) is 2.99. The number of rotatable bonds is 1. The predicted octanol–water partition coefficient (Wildman–Crippen LogP) is 4.08. The zero-order valence-electron chi connectivity index (χ0n) is 10.0.